The van der Waals surface area contributed by atoms with E-state index in [0.717, 1.165) is 41.1 Å². The maximum atomic E-state index is 6.06. The van der Waals surface area contributed by atoms with Crippen LogP contribution in [0.1, 0.15) is 12.8 Å². The molecule has 0 saturated carbocycles. The minimum atomic E-state index is 0.613. The van der Waals surface area contributed by atoms with Crippen molar-refractivity contribution in [1.29, 1.82) is 0 Å². The van der Waals surface area contributed by atoms with Crippen LogP contribution in [0.4, 0.5) is 10.1 Å². The van der Waals surface area contributed by atoms with Gasteiger partial charge in [-0.1, -0.05) is 22.9 Å². The van der Waals surface area contributed by atoms with E-state index >= 15 is 0 Å². The molecule has 0 amide bonds. The number of rotatable bonds is 2. The lowest BCUT2D eigenvalue weighted by Crippen LogP contribution is -2.40. The van der Waals surface area contributed by atoms with Gasteiger partial charge in [0.05, 0.1) is 9.90 Å². The molecule has 4 heterocycles. The predicted molar refractivity (Wildman–Crippen MR) is 91.6 cm³/mol. The number of aromatic nitrogens is 1. The Morgan fingerprint density at radius 2 is 2.33 bits per heavy atom. The van der Waals surface area contributed by atoms with Crippen LogP contribution < -0.4 is 16.0 Å². The van der Waals surface area contributed by atoms with Gasteiger partial charge >= 0.3 is 0 Å². The molecule has 0 aromatic carbocycles. The van der Waals surface area contributed by atoms with Gasteiger partial charge in [0.2, 0.25) is 0 Å². The van der Waals surface area contributed by atoms with Gasteiger partial charge in [-0.15, -0.1) is 11.3 Å². The molecule has 4 rings (SSSR count). The minimum absolute atomic E-state index is 0.613. The second kappa shape index (κ2) is 5.43. The lowest BCUT2D eigenvalue weighted by atomic mass is 9.94. The van der Waals surface area contributed by atoms with E-state index < -0.39 is 0 Å². The number of hydrogen-bond donors (Lipinski definition) is 2. The molecule has 3 N–H and O–H groups in total. The Labute approximate surface area is 136 Å². The number of piperidine rings is 1. The number of nitrogen functional groups attached to an aromatic ring is 1. The number of nitrogens with zero attached hydrogens (tertiary/aromatic N) is 2. The van der Waals surface area contributed by atoms with Gasteiger partial charge in [0, 0.05) is 24.5 Å². The summed E-state index contributed by atoms with van der Waals surface area (Å²) in [5.41, 5.74) is 6.97. The van der Waals surface area contributed by atoms with Crippen LogP contribution in [0.25, 0.3) is 10.6 Å². The Kier molecular flexibility index (Phi) is 3.57. The molecule has 21 heavy (non-hydrogen) atoms. The Morgan fingerprint density at radius 3 is 3.10 bits per heavy atom. The van der Waals surface area contributed by atoms with Crippen LogP contribution in [0.5, 0.6) is 0 Å². The SMILES string of the molecule is Nc1nc(-c2cc(Cl)cs2)c(N2CC3CCCNC3C2)s1. The maximum absolute atomic E-state index is 6.06. The number of thiophene rings is 1. The van der Waals surface area contributed by atoms with Crippen LogP contribution in [-0.2, 0) is 0 Å². The van der Waals surface area contributed by atoms with Gasteiger partial charge in [0.15, 0.2) is 5.13 Å². The monoisotopic (exact) mass is 340 g/mol. The van der Waals surface area contributed by atoms with Crippen molar-refractivity contribution < 1.29 is 0 Å². The predicted octanol–water partition coefficient (Wildman–Crippen LogP) is 3.30. The zero-order valence-corrected chi connectivity index (χ0v) is 13.9. The third kappa shape index (κ3) is 2.54. The zero-order valence-electron chi connectivity index (χ0n) is 11.5. The van der Waals surface area contributed by atoms with Gasteiger partial charge in [-0.2, -0.15) is 0 Å². The molecule has 2 unspecified atom stereocenters. The van der Waals surface area contributed by atoms with E-state index in [9.17, 15) is 0 Å². The molecule has 2 aliphatic heterocycles. The van der Waals surface area contributed by atoms with Crippen molar-refractivity contribution in [1.82, 2.24) is 10.3 Å². The highest BCUT2D eigenvalue weighted by Crippen LogP contribution is 2.43. The van der Waals surface area contributed by atoms with Gasteiger partial charge in [0.1, 0.15) is 10.7 Å². The quantitative estimate of drug-likeness (QED) is 0.880. The molecule has 2 atom stereocenters. The average molecular weight is 341 g/mol. The second-order valence-corrected chi connectivity index (χ2v) is 8.06. The van der Waals surface area contributed by atoms with Crippen LogP contribution in [-0.4, -0.2) is 30.7 Å². The first-order valence-corrected chi connectivity index (χ1v) is 9.27. The van der Waals surface area contributed by atoms with Crippen LogP contribution in [0.3, 0.4) is 0 Å². The second-order valence-electron chi connectivity index (χ2n) is 5.70. The summed E-state index contributed by atoms with van der Waals surface area (Å²) < 4.78 is 0. The molecule has 7 heteroatoms. The molecule has 2 saturated heterocycles. The van der Waals surface area contributed by atoms with Crippen molar-refractivity contribution in [2.45, 2.75) is 18.9 Å². The van der Waals surface area contributed by atoms with Crippen molar-refractivity contribution in [3.05, 3.63) is 16.5 Å². The van der Waals surface area contributed by atoms with Crippen molar-refractivity contribution >= 4 is 44.4 Å². The number of nitrogens with two attached hydrogens (primary N) is 1. The van der Waals surface area contributed by atoms with E-state index in [1.807, 2.05) is 11.4 Å². The highest BCUT2D eigenvalue weighted by molar-refractivity contribution is 7.20. The normalized spacial score (nSPS) is 25.3. The summed E-state index contributed by atoms with van der Waals surface area (Å²) >= 11 is 9.28. The van der Waals surface area contributed by atoms with E-state index in [0.29, 0.717) is 11.2 Å². The largest absolute Gasteiger partial charge is 0.375 e. The first kappa shape index (κ1) is 13.8. The van der Waals surface area contributed by atoms with Crippen molar-refractivity contribution in [2.75, 3.05) is 30.3 Å². The molecule has 2 fully saturated rings. The molecule has 0 spiro atoms. The summed E-state index contributed by atoms with van der Waals surface area (Å²) in [6.07, 6.45) is 2.61. The molecular weight excluding hydrogens is 324 g/mol. The Morgan fingerprint density at radius 1 is 1.43 bits per heavy atom. The smallest absolute Gasteiger partial charge is 0.182 e. The summed E-state index contributed by atoms with van der Waals surface area (Å²) in [5, 5.41) is 8.19. The summed E-state index contributed by atoms with van der Waals surface area (Å²) in [6, 6.07) is 2.59. The number of hydrogen-bond acceptors (Lipinski definition) is 6. The third-order valence-corrected chi connectivity index (χ3v) is 6.54. The fraction of sp³-hybridized carbons (Fsp3) is 0.500. The highest BCUT2D eigenvalue weighted by Gasteiger charge is 2.36. The van der Waals surface area contributed by atoms with Crippen molar-refractivity contribution in [3.63, 3.8) is 0 Å². The fourth-order valence-corrected chi connectivity index (χ4v) is 5.35. The summed E-state index contributed by atoms with van der Waals surface area (Å²) in [5.74, 6) is 0.752. The number of anilines is 2. The van der Waals surface area contributed by atoms with Crippen molar-refractivity contribution in [3.8, 4) is 10.6 Å². The Bertz CT molecular complexity index is 639. The molecule has 2 aromatic rings. The number of thiazole rings is 1. The molecule has 2 aliphatic rings. The van der Waals surface area contributed by atoms with Crippen LogP contribution in [0.15, 0.2) is 11.4 Å². The first-order valence-electron chi connectivity index (χ1n) is 7.20. The molecule has 0 bridgehead atoms. The molecule has 4 nitrogen and oxygen atoms in total. The minimum Gasteiger partial charge on any atom is -0.375 e. The number of halogens is 1. The highest BCUT2D eigenvalue weighted by atomic mass is 35.5. The standard InChI is InChI=1S/C14H17ClN4S2/c15-9-4-11(20-7-9)12-13(21-14(16)18-12)19-5-8-2-1-3-17-10(8)6-19/h4,7-8,10,17H,1-3,5-6H2,(H2,16,18). The molecule has 0 aliphatic carbocycles. The lowest BCUT2D eigenvalue weighted by Gasteiger charge is -2.24. The summed E-state index contributed by atoms with van der Waals surface area (Å²) in [4.78, 5) is 8.09. The topological polar surface area (TPSA) is 54.2 Å². The van der Waals surface area contributed by atoms with Gasteiger partial charge in [-0.25, -0.2) is 4.98 Å². The van der Waals surface area contributed by atoms with E-state index in [1.54, 1.807) is 22.7 Å². The Hall–Kier alpha value is -0.820. The summed E-state index contributed by atoms with van der Waals surface area (Å²) in [7, 11) is 0. The van der Waals surface area contributed by atoms with Gasteiger partial charge in [-0.3, -0.25) is 0 Å². The van der Waals surface area contributed by atoms with Crippen molar-refractivity contribution in [2.24, 2.45) is 5.92 Å². The average Bonchev–Trinajstić information content (AvgIpc) is 3.15. The first-order chi connectivity index (χ1) is 10.2. The number of fused-ring (bicyclic) bond motifs is 1. The number of nitrogens with one attached hydrogen (secondary N) is 1. The lowest BCUT2D eigenvalue weighted by molar-refractivity contribution is 0.340. The van der Waals surface area contributed by atoms with Gasteiger partial charge < -0.3 is 16.0 Å². The molecule has 2 aromatic heterocycles. The third-order valence-electron chi connectivity index (χ3n) is 4.31. The van der Waals surface area contributed by atoms with Crippen LogP contribution in [0.2, 0.25) is 5.02 Å². The summed E-state index contributed by atoms with van der Waals surface area (Å²) in [6.45, 7) is 3.30. The van der Waals surface area contributed by atoms with E-state index in [4.69, 9.17) is 17.3 Å². The van der Waals surface area contributed by atoms with E-state index in [2.05, 4.69) is 15.2 Å². The molecular formula is C14H17ClN4S2. The molecule has 112 valence electrons. The fourth-order valence-electron chi connectivity index (χ4n) is 3.35. The van der Waals surface area contributed by atoms with Gasteiger partial charge in [-0.05, 0) is 31.4 Å². The maximum Gasteiger partial charge on any atom is 0.182 e. The molecule has 0 radical (unpaired) electrons. The van der Waals surface area contributed by atoms with Crippen LogP contribution >= 0.6 is 34.3 Å². The Balaban J connectivity index is 1.66. The van der Waals surface area contributed by atoms with E-state index in [1.165, 1.54) is 17.8 Å². The van der Waals surface area contributed by atoms with E-state index in [-0.39, 0.29) is 0 Å². The zero-order chi connectivity index (χ0) is 14.4. The van der Waals surface area contributed by atoms with Gasteiger partial charge in [0.25, 0.3) is 0 Å². The van der Waals surface area contributed by atoms with Crippen LogP contribution in [0, 0.1) is 5.92 Å².